The van der Waals surface area contributed by atoms with Crippen LogP contribution in [-0.2, 0) is 32.2 Å². The maximum atomic E-state index is 12.8. The number of alkyl halides is 5. The number of carboxylic acid groups (broad SMARTS) is 1. The van der Waals surface area contributed by atoms with Crippen LogP contribution in [0.4, 0.5) is 26.7 Å². The van der Waals surface area contributed by atoms with Crippen molar-refractivity contribution in [3.8, 4) is 0 Å². The lowest BCUT2D eigenvalue weighted by Crippen LogP contribution is -2.52. The van der Waals surface area contributed by atoms with Crippen molar-refractivity contribution in [1.82, 2.24) is 20.4 Å². The van der Waals surface area contributed by atoms with Crippen LogP contribution in [0.1, 0.15) is 40.7 Å². The zero-order chi connectivity index (χ0) is 28.9. The Hall–Kier alpha value is -3.82. The van der Waals surface area contributed by atoms with Crippen LogP contribution in [0, 0.1) is 0 Å². The molecular weight excluding hydrogens is 539 g/mol. The highest BCUT2D eigenvalue weighted by atomic mass is 19.4. The number of ether oxygens (including phenoxy) is 1. The Bertz CT molecular complexity index is 1130. The van der Waals surface area contributed by atoms with E-state index >= 15 is 0 Å². The third-order valence-electron chi connectivity index (χ3n) is 6.17. The number of aliphatic carboxylic acids is 1. The summed E-state index contributed by atoms with van der Waals surface area (Å²) in [4.78, 5) is 60.3. The van der Waals surface area contributed by atoms with Crippen LogP contribution in [0.25, 0.3) is 0 Å². The number of carbonyl (C=O) groups excluding carboxylic acids is 4. The predicted molar refractivity (Wildman–Crippen MR) is 120 cm³/mol. The van der Waals surface area contributed by atoms with Gasteiger partial charge in [-0.05, 0) is 30.0 Å². The summed E-state index contributed by atoms with van der Waals surface area (Å²) in [5.41, 5.74) is 1.92. The molecule has 0 aliphatic carbocycles. The van der Waals surface area contributed by atoms with E-state index in [9.17, 15) is 41.1 Å². The second kappa shape index (κ2) is 12.4. The van der Waals surface area contributed by atoms with Crippen molar-refractivity contribution >= 4 is 29.8 Å². The van der Waals surface area contributed by atoms with E-state index in [-0.39, 0.29) is 44.4 Å². The molecule has 11 nitrogen and oxygen atoms in total. The first-order valence-electron chi connectivity index (χ1n) is 11.8. The number of rotatable bonds is 6. The quantitative estimate of drug-likeness (QED) is 0.350. The summed E-state index contributed by atoms with van der Waals surface area (Å²) in [6.45, 7) is 0.818. The van der Waals surface area contributed by atoms with E-state index in [4.69, 9.17) is 14.6 Å². The van der Waals surface area contributed by atoms with Gasteiger partial charge in [0.2, 0.25) is 11.8 Å². The molecule has 1 aromatic carbocycles. The monoisotopic (exact) mass is 564 g/mol. The van der Waals surface area contributed by atoms with Gasteiger partial charge in [-0.15, -0.1) is 0 Å². The SMILES string of the molecule is O=C(O)C(F)(F)F.O=C1CCC(N2Cc3ccc(CNC(=O)O[C@H]4CCN(CC(F)F)C4)cc3C2=O)C(=O)N1. The number of imide groups is 1. The number of nitrogens with zero attached hydrogens (tertiary/aromatic N) is 2. The van der Waals surface area contributed by atoms with Gasteiger partial charge in [0.05, 0.1) is 6.54 Å². The number of nitrogens with one attached hydrogen (secondary N) is 2. The largest absolute Gasteiger partial charge is 0.490 e. The van der Waals surface area contributed by atoms with Crippen LogP contribution in [0.15, 0.2) is 18.2 Å². The van der Waals surface area contributed by atoms with Crippen molar-refractivity contribution in [3.05, 3.63) is 34.9 Å². The summed E-state index contributed by atoms with van der Waals surface area (Å²) in [6.07, 6.45) is -7.60. The number of hydrogen-bond acceptors (Lipinski definition) is 7. The third-order valence-corrected chi connectivity index (χ3v) is 6.17. The Morgan fingerprint density at radius 1 is 1.18 bits per heavy atom. The molecular formula is C23H25F5N4O7. The highest BCUT2D eigenvalue weighted by Gasteiger charge is 2.39. The van der Waals surface area contributed by atoms with Gasteiger partial charge >= 0.3 is 18.2 Å². The fourth-order valence-electron chi connectivity index (χ4n) is 4.33. The van der Waals surface area contributed by atoms with Gasteiger partial charge in [0.1, 0.15) is 12.1 Å². The summed E-state index contributed by atoms with van der Waals surface area (Å²) in [5.74, 6) is -3.85. The van der Waals surface area contributed by atoms with Crippen molar-refractivity contribution < 1.29 is 55.8 Å². The first-order valence-corrected chi connectivity index (χ1v) is 11.8. The van der Waals surface area contributed by atoms with E-state index < -0.39 is 42.7 Å². The number of hydrogen-bond donors (Lipinski definition) is 3. The summed E-state index contributed by atoms with van der Waals surface area (Å²) in [6, 6.07) is 4.55. The summed E-state index contributed by atoms with van der Waals surface area (Å²) in [5, 5.41) is 12.0. The minimum absolute atomic E-state index is 0.130. The topological polar surface area (TPSA) is 145 Å². The van der Waals surface area contributed by atoms with Gasteiger partial charge in [0.15, 0.2) is 0 Å². The molecule has 16 heteroatoms. The molecule has 2 fully saturated rings. The van der Waals surface area contributed by atoms with Crippen LogP contribution in [0.2, 0.25) is 0 Å². The number of likely N-dealkylation sites (tertiary alicyclic amines) is 1. The van der Waals surface area contributed by atoms with Crippen LogP contribution < -0.4 is 10.6 Å². The Labute approximate surface area is 218 Å². The van der Waals surface area contributed by atoms with Crippen molar-refractivity contribution in [1.29, 1.82) is 0 Å². The van der Waals surface area contributed by atoms with Crippen LogP contribution in [0.3, 0.4) is 0 Å². The maximum Gasteiger partial charge on any atom is 0.490 e. The molecule has 0 saturated carbocycles. The Balaban J connectivity index is 0.000000532. The first-order chi connectivity index (χ1) is 18.2. The fraction of sp³-hybridized carbons (Fsp3) is 0.522. The molecule has 3 aliphatic rings. The Morgan fingerprint density at radius 3 is 2.49 bits per heavy atom. The molecule has 39 heavy (non-hydrogen) atoms. The van der Waals surface area contributed by atoms with Gasteiger partial charge in [-0.25, -0.2) is 18.4 Å². The third kappa shape index (κ3) is 8.08. The first kappa shape index (κ1) is 29.7. The van der Waals surface area contributed by atoms with E-state index in [1.807, 2.05) is 0 Å². The van der Waals surface area contributed by atoms with Crippen molar-refractivity contribution in [3.63, 3.8) is 0 Å². The summed E-state index contributed by atoms with van der Waals surface area (Å²) < 4.78 is 61.9. The van der Waals surface area contributed by atoms with Crippen LogP contribution in [0.5, 0.6) is 0 Å². The molecule has 3 N–H and O–H groups in total. The summed E-state index contributed by atoms with van der Waals surface area (Å²) in [7, 11) is 0. The lowest BCUT2D eigenvalue weighted by molar-refractivity contribution is -0.192. The molecule has 4 amide bonds. The van der Waals surface area contributed by atoms with Crippen LogP contribution >= 0.6 is 0 Å². The van der Waals surface area contributed by atoms with Gasteiger partial charge in [-0.1, -0.05) is 12.1 Å². The predicted octanol–water partition coefficient (Wildman–Crippen LogP) is 1.65. The van der Waals surface area contributed by atoms with E-state index in [2.05, 4.69) is 10.6 Å². The van der Waals surface area contributed by atoms with Crippen molar-refractivity contribution in [2.45, 2.75) is 57.1 Å². The number of amides is 4. The fourth-order valence-corrected chi connectivity index (χ4v) is 4.33. The number of fused-ring (bicyclic) bond motifs is 1. The molecule has 0 radical (unpaired) electrons. The number of alkyl carbamates (subject to hydrolysis) is 1. The highest BCUT2D eigenvalue weighted by Crippen LogP contribution is 2.28. The molecule has 214 valence electrons. The van der Waals surface area contributed by atoms with Gasteiger partial charge in [0, 0.05) is 38.2 Å². The molecule has 3 heterocycles. The molecule has 2 atom stereocenters. The zero-order valence-corrected chi connectivity index (χ0v) is 20.3. The average molecular weight is 564 g/mol. The van der Waals surface area contributed by atoms with Crippen molar-refractivity contribution in [2.75, 3.05) is 19.6 Å². The minimum atomic E-state index is -5.08. The standard InChI is InChI=1S/C21H24F2N4O5.C2HF3O2/c22-17(23)11-26-6-5-14(10-26)32-21(31)24-8-12-1-2-13-9-27(20(30)15(13)7-12)16-3-4-18(28)25-19(16)29;3-2(4,5)1(6)7/h1-2,7,14,16-17H,3-6,8-11H2,(H,24,31)(H,25,28,29);(H,6,7)/t14-,16?;/m0./s1. The maximum absolute atomic E-state index is 12.8. The van der Waals surface area contributed by atoms with Gasteiger partial charge in [0.25, 0.3) is 12.3 Å². The zero-order valence-electron chi connectivity index (χ0n) is 20.3. The normalized spacial score (nSPS) is 21.3. The second-order valence-electron chi connectivity index (χ2n) is 9.01. The average Bonchev–Trinajstić information content (AvgIpc) is 3.40. The lowest BCUT2D eigenvalue weighted by Gasteiger charge is -2.29. The Kier molecular flexibility index (Phi) is 9.42. The van der Waals surface area contributed by atoms with Gasteiger partial charge in [-0.2, -0.15) is 13.2 Å². The number of halogens is 5. The van der Waals surface area contributed by atoms with Gasteiger partial charge < -0.3 is 20.1 Å². The molecule has 0 bridgehead atoms. The molecule has 1 unspecified atom stereocenters. The molecule has 3 aliphatic heterocycles. The summed E-state index contributed by atoms with van der Waals surface area (Å²) >= 11 is 0. The van der Waals surface area contributed by atoms with E-state index in [1.165, 1.54) is 4.90 Å². The second-order valence-corrected chi connectivity index (χ2v) is 9.01. The smallest absolute Gasteiger partial charge is 0.475 e. The number of carbonyl (C=O) groups is 5. The highest BCUT2D eigenvalue weighted by molar-refractivity contribution is 6.05. The Morgan fingerprint density at radius 2 is 1.87 bits per heavy atom. The van der Waals surface area contributed by atoms with E-state index in [1.54, 1.807) is 23.1 Å². The molecule has 4 rings (SSSR count). The van der Waals surface area contributed by atoms with Crippen molar-refractivity contribution in [2.24, 2.45) is 0 Å². The molecule has 0 spiro atoms. The number of carboxylic acids is 1. The van der Waals surface area contributed by atoms with Gasteiger partial charge in [-0.3, -0.25) is 24.6 Å². The van der Waals surface area contributed by atoms with Crippen LogP contribution in [-0.4, -0.2) is 89.1 Å². The van der Waals surface area contributed by atoms with E-state index in [0.717, 1.165) is 5.56 Å². The van der Waals surface area contributed by atoms with E-state index in [0.29, 0.717) is 30.5 Å². The minimum Gasteiger partial charge on any atom is -0.475 e. The molecule has 2 saturated heterocycles. The molecule has 0 aromatic heterocycles. The molecule has 1 aromatic rings. The lowest BCUT2D eigenvalue weighted by atomic mass is 10.0. The number of benzene rings is 1. The number of piperidine rings is 1.